The fourth-order valence-corrected chi connectivity index (χ4v) is 2.60. The lowest BCUT2D eigenvalue weighted by molar-refractivity contribution is -0.122. The minimum atomic E-state index is -0.471. The van der Waals surface area contributed by atoms with Gasteiger partial charge in [-0.25, -0.2) is 4.79 Å². The maximum atomic E-state index is 11.7. The maximum absolute atomic E-state index is 11.7. The third kappa shape index (κ3) is 5.22. The van der Waals surface area contributed by atoms with Crippen molar-refractivity contribution in [3.8, 4) is 5.75 Å². The third-order valence-corrected chi connectivity index (χ3v) is 4.12. The number of rotatable bonds is 4. The van der Waals surface area contributed by atoms with Crippen LogP contribution in [0, 0.1) is 6.92 Å². The van der Waals surface area contributed by atoms with Crippen molar-refractivity contribution in [2.24, 2.45) is 0 Å². The molecule has 5 nitrogen and oxygen atoms in total. The van der Waals surface area contributed by atoms with Gasteiger partial charge in [-0.05, 0) is 43.5 Å². The summed E-state index contributed by atoms with van der Waals surface area (Å²) in [6, 6.07) is 4.86. The third-order valence-electron chi connectivity index (χ3n) is 3.69. The first-order valence-electron chi connectivity index (χ1n) is 7.54. The van der Waals surface area contributed by atoms with Crippen molar-refractivity contribution in [1.29, 1.82) is 0 Å². The molecular formula is C16H21ClN2O3. The van der Waals surface area contributed by atoms with Gasteiger partial charge in [0.2, 0.25) is 0 Å². The number of imide groups is 1. The summed E-state index contributed by atoms with van der Waals surface area (Å²) < 4.78 is 5.34. The number of halogens is 1. The van der Waals surface area contributed by atoms with Gasteiger partial charge in [-0.3, -0.25) is 10.1 Å². The molecule has 2 N–H and O–H groups in total. The van der Waals surface area contributed by atoms with E-state index in [2.05, 4.69) is 10.6 Å². The van der Waals surface area contributed by atoms with Gasteiger partial charge in [0.15, 0.2) is 6.61 Å². The molecule has 6 heteroatoms. The Morgan fingerprint density at radius 3 is 2.68 bits per heavy atom. The highest BCUT2D eigenvalue weighted by atomic mass is 35.5. The number of ether oxygens (including phenoxy) is 1. The molecule has 1 saturated carbocycles. The molecular weight excluding hydrogens is 304 g/mol. The molecule has 1 fully saturated rings. The van der Waals surface area contributed by atoms with E-state index in [1.54, 1.807) is 18.2 Å². The molecule has 3 amide bonds. The lowest BCUT2D eigenvalue weighted by Crippen LogP contribution is -2.46. The molecule has 0 saturated heterocycles. The molecule has 1 aromatic rings. The summed E-state index contributed by atoms with van der Waals surface area (Å²) in [4.78, 5) is 23.4. The van der Waals surface area contributed by atoms with Gasteiger partial charge in [0.1, 0.15) is 5.75 Å². The predicted octanol–water partition coefficient (Wildman–Crippen LogP) is 3.19. The van der Waals surface area contributed by atoms with Gasteiger partial charge < -0.3 is 10.1 Å². The Labute approximate surface area is 135 Å². The van der Waals surface area contributed by atoms with Crippen LogP contribution in [-0.4, -0.2) is 24.6 Å². The van der Waals surface area contributed by atoms with E-state index in [0.29, 0.717) is 10.8 Å². The Balaban J connectivity index is 1.72. The van der Waals surface area contributed by atoms with Crippen molar-refractivity contribution in [2.75, 3.05) is 6.61 Å². The number of urea groups is 1. The average Bonchev–Trinajstić information content (AvgIpc) is 2.49. The van der Waals surface area contributed by atoms with Crippen molar-refractivity contribution >= 4 is 23.5 Å². The van der Waals surface area contributed by atoms with Gasteiger partial charge in [-0.15, -0.1) is 0 Å². The summed E-state index contributed by atoms with van der Waals surface area (Å²) in [6.07, 6.45) is 5.41. The zero-order chi connectivity index (χ0) is 15.9. The smallest absolute Gasteiger partial charge is 0.321 e. The SMILES string of the molecule is Cc1cc(OCC(=O)NC(=O)NC2CCCCC2)ccc1Cl. The normalized spacial score (nSPS) is 15.2. The van der Waals surface area contributed by atoms with E-state index in [0.717, 1.165) is 31.2 Å². The Kier molecular flexibility index (Phi) is 6.07. The van der Waals surface area contributed by atoms with Crippen LogP contribution in [-0.2, 0) is 4.79 Å². The zero-order valence-electron chi connectivity index (χ0n) is 12.7. The largest absolute Gasteiger partial charge is 0.484 e. The van der Waals surface area contributed by atoms with Crippen LogP contribution in [0.4, 0.5) is 4.79 Å². The van der Waals surface area contributed by atoms with E-state index in [1.807, 2.05) is 6.92 Å². The molecule has 1 aromatic carbocycles. The van der Waals surface area contributed by atoms with E-state index in [9.17, 15) is 9.59 Å². The van der Waals surface area contributed by atoms with Gasteiger partial charge in [-0.1, -0.05) is 30.9 Å². The monoisotopic (exact) mass is 324 g/mol. The van der Waals surface area contributed by atoms with Crippen LogP contribution in [0.15, 0.2) is 18.2 Å². The van der Waals surface area contributed by atoms with E-state index >= 15 is 0 Å². The first kappa shape index (κ1) is 16.6. The molecule has 0 heterocycles. The molecule has 0 unspecified atom stereocenters. The number of hydrogen-bond acceptors (Lipinski definition) is 3. The van der Waals surface area contributed by atoms with Crippen molar-refractivity contribution in [2.45, 2.75) is 45.1 Å². The number of hydrogen-bond donors (Lipinski definition) is 2. The summed E-state index contributed by atoms with van der Waals surface area (Å²) in [5.41, 5.74) is 0.870. The second-order valence-corrected chi connectivity index (χ2v) is 5.96. The first-order valence-corrected chi connectivity index (χ1v) is 7.91. The topological polar surface area (TPSA) is 67.4 Å². The van der Waals surface area contributed by atoms with Crippen LogP contribution in [0.25, 0.3) is 0 Å². The number of carbonyl (C=O) groups excluding carboxylic acids is 2. The highest BCUT2D eigenvalue weighted by molar-refractivity contribution is 6.31. The molecule has 0 atom stereocenters. The van der Waals surface area contributed by atoms with Crippen molar-refractivity contribution in [1.82, 2.24) is 10.6 Å². The Bertz CT molecular complexity index is 542. The standard InChI is InChI=1S/C16H21ClN2O3/c1-11-9-13(7-8-14(11)17)22-10-15(20)19-16(21)18-12-5-3-2-4-6-12/h7-9,12H,2-6,10H2,1H3,(H2,18,19,20,21). The summed E-state index contributed by atoms with van der Waals surface area (Å²) in [5, 5.41) is 5.75. The van der Waals surface area contributed by atoms with E-state index in [-0.39, 0.29) is 12.6 Å². The quantitative estimate of drug-likeness (QED) is 0.893. The van der Waals surface area contributed by atoms with Gasteiger partial charge in [0.05, 0.1) is 0 Å². The molecule has 1 aliphatic carbocycles. The molecule has 120 valence electrons. The van der Waals surface area contributed by atoms with Crippen molar-refractivity contribution < 1.29 is 14.3 Å². The van der Waals surface area contributed by atoms with Crippen LogP contribution in [0.2, 0.25) is 5.02 Å². The number of amides is 3. The minimum absolute atomic E-state index is 0.168. The van der Waals surface area contributed by atoms with E-state index < -0.39 is 11.9 Å². The Hall–Kier alpha value is -1.75. The minimum Gasteiger partial charge on any atom is -0.484 e. The summed E-state index contributed by atoms with van der Waals surface area (Å²) in [6.45, 7) is 1.64. The van der Waals surface area contributed by atoms with Crippen LogP contribution in [0.1, 0.15) is 37.7 Å². The van der Waals surface area contributed by atoms with Crippen molar-refractivity contribution in [3.05, 3.63) is 28.8 Å². The summed E-state index contributed by atoms with van der Waals surface area (Å²) in [5.74, 6) is 0.0747. The van der Waals surface area contributed by atoms with Gasteiger partial charge >= 0.3 is 6.03 Å². The van der Waals surface area contributed by atoms with Crippen LogP contribution in [0.3, 0.4) is 0 Å². The van der Waals surface area contributed by atoms with Gasteiger partial charge in [0.25, 0.3) is 5.91 Å². The number of aryl methyl sites for hydroxylation is 1. The highest BCUT2D eigenvalue weighted by Crippen LogP contribution is 2.21. The van der Waals surface area contributed by atoms with Crippen molar-refractivity contribution in [3.63, 3.8) is 0 Å². The van der Waals surface area contributed by atoms with E-state index in [4.69, 9.17) is 16.3 Å². The van der Waals surface area contributed by atoms with Crippen LogP contribution in [0.5, 0.6) is 5.75 Å². The molecule has 0 aromatic heterocycles. The molecule has 22 heavy (non-hydrogen) atoms. The van der Waals surface area contributed by atoms with Crippen LogP contribution < -0.4 is 15.4 Å². The Morgan fingerprint density at radius 1 is 1.27 bits per heavy atom. The highest BCUT2D eigenvalue weighted by Gasteiger charge is 2.17. The van der Waals surface area contributed by atoms with Gasteiger partial charge in [-0.2, -0.15) is 0 Å². The molecule has 0 spiro atoms. The fourth-order valence-electron chi connectivity index (χ4n) is 2.49. The molecule has 0 bridgehead atoms. The molecule has 1 aliphatic rings. The zero-order valence-corrected chi connectivity index (χ0v) is 13.4. The predicted molar refractivity (Wildman–Crippen MR) is 85.2 cm³/mol. The fraction of sp³-hybridized carbons (Fsp3) is 0.500. The average molecular weight is 325 g/mol. The Morgan fingerprint density at radius 2 is 2.00 bits per heavy atom. The lowest BCUT2D eigenvalue weighted by atomic mass is 9.96. The lowest BCUT2D eigenvalue weighted by Gasteiger charge is -2.22. The number of benzene rings is 1. The van der Waals surface area contributed by atoms with E-state index in [1.165, 1.54) is 6.42 Å². The summed E-state index contributed by atoms with van der Waals surface area (Å²) in [7, 11) is 0. The molecule has 2 rings (SSSR count). The molecule has 0 radical (unpaired) electrons. The van der Waals surface area contributed by atoms with Gasteiger partial charge in [0, 0.05) is 11.1 Å². The number of carbonyl (C=O) groups is 2. The second kappa shape index (κ2) is 8.03. The summed E-state index contributed by atoms with van der Waals surface area (Å²) >= 11 is 5.92. The first-order chi connectivity index (χ1) is 10.5. The number of nitrogens with one attached hydrogen (secondary N) is 2. The molecule has 0 aliphatic heterocycles. The maximum Gasteiger partial charge on any atom is 0.321 e. The van der Waals surface area contributed by atoms with Crippen LogP contribution >= 0.6 is 11.6 Å². The second-order valence-electron chi connectivity index (χ2n) is 5.56.